The number of pyridine rings is 4. The van der Waals surface area contributed by atoms with Crippen LogP contribution in [0.3, 0.4) is 0 Å². The van der Waals surface area contributed by atoms with Crippen molar-refractivity contribution < 1.29 is 44.2 Å². The van der Waals surface area contributed by atoms with Crippen LogP contribution in [-0.2, 0) is 49.0 Å². The summed E-state index contributed by atoms with van der Waals surface area (Å²) in [7, 11) is 0. The second-order valence-corrected chi connectivity index (χ2v) is 15.9. The highest BCUT2D eigenvalue weighted by atomic mass is 16.5. The highest BCUT2D eigenvalue weighted by Crippen LogP contribution is 2.32. The second kappa shape index (κ2) is 24.0. The number of aliphatic hydroxyl groups excluding tert-OH is 2. The van der Waals surface area contributed by atoms with Gasteiger partial charge in [-0.2, -0.15) is 15.5 Å². The molecule has 0 radical (unpaired) electrons. The van der Waals surface area contributed by atoms with Gasteiger partial charge in [-0.25, -0.2) is 0 Å². The fourth-order valence-electron chi connectivity index (χ4n) is 7.27. The number of hydrogen-bond acceptors (Lipinski definition) is 15. The van der Waals surface area contributed by atoms with Crippen LogP contribution in [0.5, 0.6) is 17.6 Å². The minimum Gasteiger partial charge on any atom is -0.481 e. The zero-order valence-electron chi connectivity index (χ0n) is 37.4. The van der Waals surface area contributed by atoms with Gasteiger partial charge in [-0.15, -0.1) is 0 Å². The zero-order chi connectivity index (χ0) is 48.6. The van der Waals surface area contributed by atoms with Crippen molar-refractivity contribution in [3.05, 3.63) is 164 Å². The normalized spacial score (nSPS) is 11.8. The lowest BCUT2D eigenvalue weighted by Crippen LogP contribution is -2.32. The number of nitriles is 2. The van der Waals surface area contributed by atoms with Crippen LogP contribution in [0.25, 0.3) is 11.1 Å². The Bertz CT molecular complexity index is 2890. The minimum atomic E-state index is -1.14. The van der Waals surface area contributed by atoms with Crippen LogP contribution in [0.15, 0.2) is 102 Å². The van der Waals surface area contributed by atoms with Gasteiger partial charge in [0.25, 0.3) is 5.56 Å². The smallest absolute Gasteiger partial charge is 0.306 e. The van der Waals surface area contributed by atoms with Crippen molar-refractivity contribution in [3.63, 3.8) is 0 Å². The Kier molecular flexibility index (Phi) is 17.4. The molecule has 350 valence electrons. The van der Waals surface area contributed by atoms with Gasteiger partial charge >= 0.3 is 11.9 Å². The fourth-order valence-corrected chi connectivity index (χ4v) is 7.27. The summed E-state index contributed by atoms with van der Waals surface area (Å²) in [6.07, 6.45) is 2.98. The first-order chi connectivity index (χ1) is 32.8. The van der Waals surface area contributed by atoms with Gasteiger partial charge < -0.3 is 45.3 Å². The van der Waals surface area contributed by atoms with Crippen molar-refractivity contribution in [1.82, 2.24) is 30.2 Å². The molecule has 0 saturated carbocycles. The summed E-state index contributed by atoms with van der Waals surface area (Å²) in [6.45, 7) is 4.68. The molecular formula is C50H50N8O10. The molecule has 2 unspecified atom stereocenters. The average Bonchev–Trinajstić information content (AvgIpc) is 3.32. The number of nitrogens with zero attached hydrogens (tertiary/aromatic N) is 6. The number of rotatable bonds is 24. The van der Waals surface area contributed by atoms with Crippen molar-refractivity contribution in [2.75, 3.05) is 13.1 Å². The van der Waals surface area contributed by atoms with E-state index in [2.05, 4.69) is 37.7 Å². The highest BCUT2D eigenvalue weighted by Gasteiger charge is 2.18. The number of nitrogens with one attached hydrogen (secondary N) is 2. The van der Waals surface area contributed by atoms with E-state index in [9.17, 15) is 35.1 Å². The van der Waals surface area contributed by atoms with Crippen molar-refractivity contribution in [2.45, 2.75) is 78.4 Å². The maximum atomic E-state index is 13.9. The number of carboxylic acid groups (broad SMARTS) is 2. The molecule has 6 N–H and O–H groups in total. The molecule has 6 aromatic rings. The van der Waals surface area contributed by atoms with E-state index < -0.39 is 37.0 Å². The van der Waals surface area contributed by atoms with Crippen molar-refractivity contribution >= 4 is 11.9 Å². The Labute approximate surface area is 391 Å². The summed E-state index contributed by atoms with van der Waals surface area (Å²) in [5.74, 6) is -1.44. The largest absolute Gasteiger partial charge is 0.481 e. The van der Waals surface area contributed by atoms with Crippen LogP contribution in [-0.4, -0.2) is 77.2 Å². The molecule has 68 heavy (non-hydrogen) atoms. The number of carboxylic acids is 2. The molecule has 4 heterocycles. The number of carbonyl (C=O) groups is 2. The van der Waals surface area contributed by atoms with Gasteiger partial charge in [-0.3, -0.25) is 28.9 Å². The maximum absolute atomic E-state index is 13.9. The Hall–Kier alpha value is -8.00. The SMILES string of the molecule is Cc1c(COc2ccc(CNCC(O)CC(=O)O)c(OCc3cncc(C#N)c3)n2)cccc1-c1cccc(COc2ccc(CNCC(O)CC(=O)O)c(=O)n2Cc2cncc(C#N)c2)c1C. The molecule has 0 aliphatic rings. The highest BCUT2D eigenvalue weighted by molar-refractivity contribution is 5.72. The molecule has 2 aromatic carbocycles. The van der Waals surface area contributed by atoms with Gasteiger partial charge in [0, 0.05) is 73.7 Å². The first-order valence-corrected chi connectivity index (χ1v) is 21.5. The average molecular weight is 923 g/mol. The quantitative estimate of drug-likeness (QED) is 0.0480. The Morgan fingerprint density at radius 3 is 1.81 bits per heavy atom. The molecule has 4 aromatic heterocycles. The number of hydrogen-bond donors (Lipinski definition) is 6. The van der Waals surface area contributed by atoms with Crippen LogP contribution in [0, 0.1) is 36.5 Å². The van der Waals surface area contributed by atoms with Crippen molar-refractivity contribution in [2.24, 2.45) is 0 Å². The molecule has 0 spiro atoms. The lowest BCUT2D eigenvalue weighted by Gasteiger charge is -2.19. The summed E-state index contributed by atoms with van der Waals surface area (Å²) in [5.41, 5.74) is 8.20. The molecule has 18 nitrogen and oxygen atoms in total. The number of aliphatic hydroxyl groups is 2. The summed E-state index contributed by atoms with van der Waals surface area (Å²) in [4.78, 5) is 48.8. The first-order valence-electron chi connectivity index (χ1n) is 21.5. The van der Waals surface area contributed by atoms with Crippen LogP contribution >= 0.6 is 0 Å². The van der Waals surface area contributed by atoms with Crippen molar-refractivity contribution in [3.8, 4) is 40.9 Å². The van der Waals surface area contributed by atoms with E-state index >= 15 is 0 Å². The summed E-state index contributed by atoms with van der Waals surface area (Å²) >= 11 is 0. The van der Waals surface area contributed by atoms with Crippen molar-refractivity contribution in [1.29, 1.82) is 10.5 Å². The Morgan fingerprint density at radius 1 is 0.676 bits per heavy atom. The summed E-state index contributed by atoms with van der Waals surface area (Å²) in [5, 5.41) is 62.8. The number of benzene rings is 2. The van der Waals surface area contributed by atoms with E-state index in [0.717, 1.165) is 33.4 Å². The molecule has 0 bridgehead atoms. The molecule has 18 heteroatoms. The number of aromatic nitrogens is 4. The Balaban J connectivity index is 1.18. The number of ether oxygens (including phenoxy) is 3. The van der Waals surface area contributed by atoms with Crippen LogP contribution in [0.2, 0.25) is 0 Å². The van der Waals surface area contributed by atoms with E-state index in [1.54, 1.807) is 48.8 Å². The maximum Gasteiger partial charge on any atom is 0.306 e. The van der Waals surface area contributed by atoms with Gasteiger partial charge in [0.1, 0.15) is 32.0 Å². The second-order valence-electron chi connectivity index (χ2n) is 15.9. The van der Waals surface area contributed by atoms with E-state index in [1.165, 1.54) is 17.0 Å². The predicted molar refractivity (Wildman–Crippen MR) is 246 cm³/mol. The third-order valence-electron chi connectivity index (χ3n) is 10.8. The lowest BCUT2D eigenvalue weighted by atomic mass is 9.92. The van der Waals surface area contributed by atoms with E-state index in [-0.39, 0.29) is 75.7 Å². The van der Waals surface area contributed by atoms with Gasteiger partial charge in [-0.1, -0.05) is 36.4 Å². The lowest BCUT2D eigenvalue weighted by molar-refractivity contribution is -0.140. The fraction of sp³-hybridized carbons (Fsp3) is 0.280. The molecule has 0 amide bonds. The van der Waals surface area contributed by atoms with E-state index in [4.69, 9.17) is 24.4 Å². The Morgan fingerprint density at radius 2 is 1.22 bits per heavy atom. The van der Waals surface area contributed by atoms with Gasteiger partial charge in [0.15, 0.2) is 5.88 Å². The van der Waals surface area contributed by atoms with E-state index in [0.29, 0.717) is 33.4 Å². The molecule has 0 aliphatic heterocycles. The van der Waals surface area contributed by atoms with Crippen LogP contribution in [0.1, 0.15) is 68.5 Å². The molecule has 0 fully saturated rings. The van der Waals surface area contributed by atoms with Crippen LogP contribution in [0.4, 0.5) is 0 Å². The minimum absolute atomic E-state index is 0.0300. The van der Waals surface area contributed by atoms with Gasteiger partial charge in [-0.05, 0) is 83.1 Å². The first kappa shape index (κ1) is 49.4. The molecule has 0 saturated heterocycles. The van der Waals surface area contributed by atoms with E-state index in [1.807, 2.05) is 50.2 Å². The van der Waals surface area contributed by atoms with Gasteiger partial charge in [0.05, 0.1) is 42.7 Å². The zero-order valence-corrected chi connectivity index (χ0v) is 37.4. The molecular weight excluding hydrogens is 873 g/mol. The third kappa shape index (κ3) is 13.8. The number of aliphatic carboxylic acids is 2. The molecule has 2 atom stereocenters. The standard InChI is InChI=1S/C50H50N8O10/c1-31-39(29-66-45-11-9-37(23-55-25-41(59)15-47(61)62)49(57-45)68-28-36-14-34(18-52)20-54-22-36)5-3-7-43(31)44-8-4-6-40(32(44)2)30-67-46-12-10-38(24-56-26-42(60)16-48(63)64)50(65)58(46)27-35-13-33(17-51)19-53-21-35/h3-14,19-22,41-42,55-56,59-60H,15-16,23-30H2,1-2H3,(H,61,62)(H,63,64). The van der Waals surface area contributed by atoms with Gasteiger partial charge in [0.2, 0.25) is 11.8 Å². The molecule has 6 rings (SSSR count). The third-order valence-corrected chi connectivity index (χ3v) is 10.8. The molecule has 0 aliphatic carbocycles. The van der Waals surface area contributed by atoms with Crippen LogP contribution < -0.4 is 30.4 Å². The summed E-state index contributed by atoms with van der Waals surface area (Å²) < 4.78 is 20.1. The monoisotopic (exact) mass is 922 g/mol. The summed E-state index contributed by atoms with van der Waals surface area (Å²) in [6, 6.07) is 26.0. The topological polar surface area (TPSA) is 275 Å². The predicted octanol–water partition coefficient (Wildman–Crippen LogP) is 4.70.